The van der Waals surface area contributed by atoms with Crippen molar-refractivity contribution >= 4 is 0 Å². The highest BCUT2D eigenvalue weighted by atomic mass is 35.5. The van der Waals surface area contributed by atoms with Crippen LogP contribution in [-0.4, -0.2) is 31.2 Å². The molecule has 0 aliphatic rings. The molecule has 0 unspecified atom stereocenters. The van der Waals surface area contributed by atoms with Crippen molar-refractivity contribution in [2.24, 2.45) is 0 Å². The fourth-order valence-electron chi connectivity index (χ4n) is 6.46. The number of nitrogens with zero attached hydrogens (tertiary/aromatic N) is 1. The van der Waals surface area contributed by atoms with Gasteiger partial charge < -0.3 is 16.9 Å². The zero-order chi connectivity index (χ0) is 28.5. The van der Waals surface area contributed by atoms with Crippen LogP contribution in [0.5, 0.6) is 0 Å². The van der Waals surface area contributed by atoms with Crippen molar-refractivity contribution in [2.45, 2.75) is 220 Å². The van der Waals surface area contributed by atoms with Gasteiger partial charge in [-0.25, -0.2) is 0 Å². The van der Waals surface area contributed by atoms with Crippen molar-refractivity contribution in [2.75, 3.05) is 26.7 Å². The number of quaternary nitrogens is 1. The van der Waals surface area contributed by atoms with Crippen LogP contribution in [0.1, 0.15) is 220 Å². The second-order valence-electron chi connectivity index (χ2n) is 13.7. The van der Waals surface area contributed by atoms with E-state index in [9.17, 15) is 0 Å². The van der Waals surface area contributed by atoms with Crippen LogP contribution in [0.3, 0.4) is 0 Å². The second kappa shape index (κ2) is 35.4. The summed E-state index contributed by atoms with van der Waals surface area (Å²) in [5, 5.41) is 0. The topological polar surface area (TPSA) is 0 Å². The van der Waals surface area contributed by atoms with E-state index in [0.717, 1.165) is 0 Å². The summed E-state index contributed by atoms with van der Waals surface area (Å²) in [6.45, 7) is 11.3. The molecule has 40 heavy (non-hydrogen) atoms. The van der Waals surface area contributed by atoms with Crippen LogP contribution in [-0.2, 0) is 0 Å². The van der Waals surface area contributed by atoms with Gasteiger partial charge in [-0.1, -0.05) is 181 Å². The molecule has 0 heterocycles. The first-order valence-corrected chi connectivity index (χ1v) is 19.0. The van der Waals surface area contributed by atoms with Crippen LogP contribution in [0, 0.1) is 0 Å². The first-order chi connectivity index (χ1) is 19.2. The molecule has 2 heteroatoms. The number of hydrogen-bond acceptors (Lipinski definition) is 0. The van der Waals surface area contributed by atoms with E-state index in [-0.39, 0.29) is 12.4 Å². The summed E-state index contributed by atoms with van der Waals surface area (Å²) in [6.07, 6.45) is 45.3. The minimum atomic E-state index is 0. The molecule has 0 N–H and O–H groups in total. The van der Waals surface area contributed by atoms with E-state index in [4.69, 9.17) is 0 Å². The molecule has 0 saturated heterocycles. The Labute approximate surface area is 262 Å². The van der Waals surface area contributed by atoms with E-state index in [1.165, 1.54) is 223 Å². The van der Waals surface area contributed by atoms with Crippen LogP contribution in [0.2, 0.25) is 0 Å². The lowest BCUT2D eigenvalue weighted by atomic mass is 10.0. The molecular weight excluding hydrogens is 506 g/mol. The van der Waals surface area contributed by atoms with Gasteiger partial charge in [-0.15, -0.1) is 0 Å². The summed E-state index contributed by atoms with van der Waals surface area (Å²) in [6, 6.07) is 0. The Morgan fingerprint density at radius 2 is 0.400 bits per heavy atom. The molecule has 0 aromatic heterocycles. The maximum atomic E-state index is 2.61. The van der Waals surface area contributed by atoms with Gasteiger partial charge in [-0.3, -0.25) is 0 Å². The molecule has 0 aromatic rings. The van der Waals surface area contributed by atoms with Gasteiger partial charge in [0.2, 0.25) is 0 Å². The normalized spacial score (nSPS) is 11.7. The predicted octanol–water partition coefficient (Wildman–Crippen LogP) is 10.6. The first kappa shape index (κ1) is 42.4. The van der Waals surface area contributed by atoms with E-state index in [0.29, 0.717) is 0 Å². The number of rotatable bonds is 34. The van der Waals surface area contributed by atoms with Crippen molar-refractivity contribution in [1.29, 1.82) is 0 Å². The van der Waals surface area contributed by atoms with E-state index < -0.39 is 0 Å². The summed E-state index contributed by atoms with van der Waals surface area (Å²) in [5.41, 5.74) is 0. The van der Waals surface area contributed by atoms with Crippen molar-refractivity contribution in [1.82, 2.24) is 0 Å². The maximum absolute atomic E-state index is 2.61. The van der Waals surface area contributed by atoms with Crippen LogP contribution >= 0.6 is 0 Å². The minimum absolute atomic E-state index is 0. The van der Waals surface area contributed by atoms with Crippen molar-refractivity contribution < 1.29 is 16.9 Å². The van der Waals surface area contributed by atoms with Crippen molar-refractivity contribution in [3.8, 4) is 0 Å². The lowest BCUT2D eigenvalue weighted by Crippen LogP contribution is -3.00. The van der Waals surface area contributed by atoms with Gasteiger partial charge in [-0.05, 0) is 38.5 Å². The molecule has 0 aliphatic heterocycles. The van der Waals surface area contributed by atoms with Gasteiger partial charge in [0, 0.05) is 0 Å². The van der Waals surface area contributed by atoms with Crippen LogP contribution in [0.15, 0.2) is 0 Å². The monoisotopic (exact) mass is 586 g/mol. The molecule has 1 nitrogen and oxygen atoms in total. The van der Waals surface area contributed by atoms with Crippen molar-refractivity contribution in [3.63, 3.8) is 0 Å². The second-order valence-corrected chi connectivity index (χ2v) is 13.7. The smallest absolute Gasteiger partial charge is 0.0784 e. The highest BCUT2D eigenvalue weighted by molar-refractivity contribution is 4.53. The van der Waals surface area contributed by atoms with Gasteiger partial charge >= 0.3 is 0 Å². The lowest BCUT2D eigenvalue weighted by Gasteiger charge is -2.35. The van der Waals surface area contributed by atoms with Crippen LogP contribution in [0.25, 0.3) is 0 Å². The maximum Gasteiger partial charge on any atom is 0.0784 e. The Hall–Kier alpha value is 0.250. The number of halogens is 1. The molecule has 0 fully saturated rings. The minimum Gasteiger partial charge on any atom is -1.00 e. The largest absolute Gasteiger partial charge is 1.00 e. The molecule has 0 rings (SSSR count). The van der Waals surface area contributed by atoms with Gasteiger partial charge in [0.1, 0.15) is 0 Å². The molecule has 0 radical (unpaired) electrons. The standard InChI is InChI=1S/C38H80N.ClH/c1-5-8-11-14-17-20-23-26-29-32-35-38-39(4,36-33-30-27-24-21-18-15-12-9-6-2)37-34-31-28-25-22-19-16-13-10-7-3;/h5-38H2,1-4H3;1H/q+1;/p-1. The Balaban J connectivity index is 0. The van der Waals surface area contributed by atoms with Gasteiger partial charge in [0.05, 0.1) is 26.7 Å². The summed E-state index contributed by atoms with van der Waals surface area (Å²) < 4.78 is 1.37. The molecule has 0 saturated carbocycles. The van der Waals surface area contributed by atoms with E-state index >= 15 is 0 Å². The predicted molar refractivity (Wildman–Crippen MR) is 181 cm³/mol. The molecule has 0 atom stereocenters. The average Bonchev–Trinajstić information content (AvgIpc) is 2.94. The third-order valence-corrected chi connectivity index (χ3v) is 9.40. The number of unbranched alkanes of at least 4 members (excludes halogenated alkanes) is 28. The Kier molecular flexibility index (Phi) is 37.6. The summed E-state index contributed by atoms with van der Waals surface area (Å²) >= 11 is 0. The van der Waals surface area contributed by atoms with Crippen molar-refractivity contribution in [3.05, 3.63) is 0 Å². The SMILES string of the molecule is CCCCCCCCCCCCC[N+](C)(CCCCCCCCCCCC)CCCCCCCCCCCC.[Cl-]. The summed E-state index contributed by atoms with van der Waals surface area (Å²) in [5.74, 6) is 0. The molecular formula is C38H80ClN. The van der Waals surface area contributed by atoms with E-state index in [1.807, 2.05) is 0 Å². The molecule has 0 spiro atoms. The molecule has 0 aromatic carbocycles. The summed E-state index contributed by atoms with van der Waals surface area (Å²) in [4.78, 5) is 0. The average molecular weight is 587 g/mol. The Morgan fingerprint density at radius 3 is 0.575 bits per heavy atom. The highest BCUT2D eigenvalue weighted by Crippen LogP contribution is 2.18. The van der Waals surface area contributed by atoms with E-state index in [2.05, 4.69) is 27.8 Å². The molecule has 244 valence electrons. The Morgan fingerprint density at radius 1 is 0.250 bits per heavy atom. The first-order valence-electron chi connectivity index (χ1n) is 19.0. The molecule has 0 amide bonds. The third kappa shape index (κ3) is 32.8. The molecule has 0 bridgehead atoms. The van der Waals surface area contributed by atoms with Gasteiger partial charge in [0.25, 0.3) is 0 Å². The van der Waals surface area contributed by atoms with Crippen LogP contribution in [0.4, 0.5) is 0 Å². The fraction of sp³-hybridized carbons (Fsp3) is 1.00. The van der Waals surface area contributed by atoms with Gasteiger partial charge in [0.15, 0.2) is 0 Å². The van der Waals surface area contributed by atoms with E-state index in [1.54, 1.807) is 0 Å². The lowest BCUT2D eigenvalue weighted by molar-refractivity contribution is -0.910. The quantitative estimate of drug-likeness (QED) is 0.0520. The Bertz CT molecular complexity index is 413. The summed E-state index contributed by atoms with van der Waals surface area (Å²) in [7, 11) is 2.61. The zero-order valence-corrected chi connectivity index (χ0v) is 29.6. The number of hydrogen-bond donors (Lipinski definition) is 0. The zero-order valence-electron chi connectivity index (χ0n) is 28.9. The molecule has 0 aliphatic carbocycles. The fourth-order valence-corrected chi connectivity index (χ4v) is 6.46. The third-order valence-electron chi connectivity index (χ3n) is 9.40. The van der Waals surface area contributed by atoms with Gasteiger partial charge in [-0.2, -0.15) is 0 Å². The highest BCUT2D eigenvalue weighted by Gasteiger charge is 2.20. The van der Waals surface area contributed by atoms with Crippen LogP contribution < -0.4 is 12.4 Å².